The molecule has 7 nitrogen and oxygen atoms in total. The van der Waals surface area contributed by atoms with Crippen LogP contribution in [0.15, 0.2) is 18.2 Å². The second kappa shape index (κ2) is 9.60. The zero-order valence-electron chi connectivity index (χ0n) is 14.6. The number of anilines is 1. The summed E-state index contributed by atoms with van der Waals surface area (Å²) in [5.74, 6) is -0.0909. The maximum atomic E-state index is 12.4. The number of benzene rings is 1. The van der Waals surface area contributed by atoms with Crippen molar-refractivity contribution in [2.45, 2.75) is 20.0 Å². The Morgan fingerprint density at radius 3 is 2.76 bits per heavy atom. The number of nitrogens with one attached hydrogen (secondary N) is 3. The Hall–Kier alpha value is -1.83. The maximum Gasteiger partial charge on any atom is 0.319 e. The Bertz CT molecular complexity index is 602. The molecule has 0 unspecified atom stereocenters. The summed E-state index contributed by atoms with van der Waals surface area (Å²) in [5.41, 5.74) is 0.892. The van der Waals surface area contributed by atoms with Crippen molar-refractivity contribution in [3.05, 3.63) is 28.8 Å². The predicted octanol–water partition coefficient (Wildman–Crippen LogP) is 1.93. The smallest absolute Gasteiger partial charge is 0.319 e. The van der Waals surface area contributed by atoms with Crippen molar-refractivity contribution in [2.75, 3.05) is 44.6 Å². The van der Waals surface area contributed by atoms with Gasteiger partial charge in [-0.2, -0.15) is 0 Å². The van der Waals surface area contributed by atoms with Crippen LogP contribution in [0, 0.1) is 0 Å². The lowest BCUT2D eigenvalue weighted by molar-refractivity contribution is 0.0310. The van der Waals surface area contributed by atoms with Crippen LogP contribution in [-0.2, 0) is 4.74 Å². The van der Waals surface area contributed by atoms with Crippen molar-refractivity contribution < 1.29 is 14.3 Å². The molecule has 3 amide bonds. The van der Waals surface area contributed by atoms with Gasteiger partial charge in [0.1, 0.15) is 0 Å². The van der Waals surface area contributed by atoms with E-state index in [1.54, 1.807) is 23.1 Å². The van der Waals surface area contributed by atoms with Crippen LogP contribution in [0.3, 0.4) is 0 Å². The molecule has 1 atom stereocenters. The number of ether oxygens (including phenoxy) is 1. The van der Waals surface area contributed by atoms with Gasteiger partial charge in [0.2, 0.25) is 0 Å². The molecule has 25 heavy (non-hydrogen) atoms. The normalized spacial score (nSPS) is 17.0. The molecule has 0 aromatic heterocycles. The van der Waals surface area contributed by atoms with Gasteiger partial charge in [-0.1, -0.05) is 11.6 Å². The third-order valence-electron chi connectivity index (χ3n) is 4.01. The van der Waals surface area contributed by atoms with Crippen molar-refractivity contribution in [2.24, 2.45) is 0 Å². The largest absolute Gasteiger partial charge is 0.374 e. The lowest BCUT2D eigenvalue weighted by Crippen LogP contribution is -2.46. The Morgan fingerprint density at radius 1 is 1.36 bits per heavy atom. The zero-order chi connectivity index (χ0) is 18.2. The Morgan fingerprint density at radius 2 is 2.12 bits per heavy atom. The fourth-order valence-electron chi connectivity index (χ4n) is 2.57. The third kappa shape index (κ3) is 5.59. The maximum absolute atomic E-state index is 12.4. The zero-order valence-corrected chi connectivity index (χ0v) is 15.4. The van der Waals surface area contributed by atoms with Gasteiger partial charge in [-0.15, -0.1) is 0 Å². The number of halogens is 1. The molecule has 0 spiro atoms. The van der Waals surface area contributed by atoms with Gasteiger partial charge in [0.15, 0.2) is 0 Å². The van der Waals surface area contributed by atoms with E-state index in [1.165, 1.54) is 0 Å². The summed E-state index contributed by atoms with van der Waals surface area (Å²) >= 11 is 6.14. The summed E-state index contributed by atoms with van der Waals surface area (Å²) in [6.07, 6.45) is -0.0504. The van der Waals surface area contributed by atoms with Gasteiger partial charge < -0.3 is 25.6 Å². The Balaban J connectivity index is 1.97. The highest BCUT2D eigenvalue weighted by Gasteiger charge is 2.17. The molecule has 0 bridgehead atoms. The van der Waals surface area contributed by atoms with Crippen LogP contribution in [0.4, 0.5) is 10.5 Å². The summed E-state index contributed by atoms with van der Waals surface area (Å²) in [6.45, 7) is 7.65. The Labute approximate surface area is 153 Å². The van der Waals surface area contributed by atoms with Gasteiger partial charge in [-0.05, 0) is 32.0 Å². The van der Waals surface area contributed by atoms with Crippen LogP contribution >= 0.6 is 11.6 Å². The molecule has 0 radical (unpaired) electrons. The van der Waals surface area contributed by atoms with Crippen LogP contribution in [0.25, 0.3) is 0 Å². The SMILES string of the molecule is CCN(CC)C(=O)c1ccc(Cl)c(NC(=O)NC[C@H]2CNCCO2)c1. The second-order valence-corrected chi connectivity index (χ2v) is 6.11. The summed E-state index contributed by atoms with van der Waals surface area (Å²) in [4.78, 5) is 26.2. The van der Waals surface area contributed by atoms with E-state index in [2.05, 4.69) is 16.0 Å². The third-order valence-corrected chi connectivity index (χ3v) is 4.34. The first kappa shape index (κ1) is 19.5. The first-order valence-electron chi connectivity index (χ1n) is 8.51. The Kier molecular flexibility index (Phi) is 7.49. The van der Waals surface area contributed by atoms with E-state index in [9.17, 15) is 9.59 Å². The topological polar surface area (TPSA) is 82.7 Å². The quantitative estimate of drug-likeness (QED) is 0.716. The first-order chi connectivity index (χ1) is 12.0. The minimum Gasteiger partial charge on any atom is -0.374 e. The van der Waals surface area contributed by atoms with Crippen LogP contribution in [0.1, 0.15) is 24.2 Å². The molecule has 0 aliphatic carbocycles. The average molecular weight is 369 g/mol. The summed E-state index contributed by atoms with van der Waals surface area (Å²) < 4.78 is 5.52. The van der Waals surface area contributed by atoms with Crippen LogP contribution in [0.2, 0.25) is 5.02 Å². The minimum atomic E-state index is -0.386. The van der Waals surface area contributed by atoms with Crippen molar-refractivity contribution in [1.29, 1.82) is 0 Å². The van der Waals surface area contributed by atoms with Gasteiger partial charge in [0, 0.05) is 38.3 Å². The van der Waals surface area contributed by atoms with Gasteiger partial charge in [-0.3, -0.25) is 4.79 Å². The van der Waals surface area contributed by atoms with Gasteiger partial charge in [0.05, 0.1) is 23.4 Å². The van der Waals surface area contributed by atoms with E-state index >= 15 is 0 Å². The average Bonchev–Trinajstić information content (AvgIpc) is 2.63. The number of amides is 3. The predicted molar refractivity (Wildman–Crippen MR) is 98.3 cm³/mol. The number of rotatable bonds is 6. The molecule has 1 aliphatic heterocycles. The molecule has 1 aromatic rings. The summed E-state index contributed by atoms with van der Waals surface area (Å²) in [7, 11) is 0. The molecule has 8 heteroatoms. The monoisotopic (exact) mass is 368 g/mol. The second-order valence-electron chi connectivity index (χ2n) is 5.70. The van der Waals surface area contributed by atoms with Gasteiger partial charge >= 0.3 is 6.03 Å². The molecule has 2 rings (SSSR count). The molecule has 1 heterocycles. The number of nitrogens with zero attached hydrogens (tertiary/aromatic N) is 1. The van der Waals surface area contributed by atoms with Gasteiger partial charge in [-0.25, -0.2) is 4.79 Å². The highest BCUT2D eigenvalue weighted by Crippen LogP contribution is 2.23. The highest BCUT2D eigenvalue weighted by atomic mass is 35.5. The molecule has 0 saturated carbocycles. The van der Waals surface area contributed by atoms with Crippen molar-refractivity contribution in [1.82, 2.24) is 15.5 Å². The van der Waals surface area contributed by atoms with E-state index in [0.717, 1.165) is 6.54 Å². The van der Waals surface area contributed by atoms with Crippen LogP contribution < -0.4 is 16.0 Å². The number of hydrogen-bond acceptors (Lipinski definition) is 4. The number of hydrogen-bond donors (Lipinski definition) is 3. The fraction of sp³-hybridized carbons (Fsp3) is 0.529. The van der Waals surface area contributed by atoms with E-state index < -0.39 is 0 Å². The van der Waals surface area contributed by atoms with E-state index in [-0.39, 0.29) is 18.0 Å². The molecular weight excluding hydrogens is 344 g/mol. The van der Waals surface area contributed by atoms with Crippen LogP contribution in [-0.4, -0.2) is 62.3 Å². The van der Waals surface area contributed by atoms with E-state index in [0.29, 0.717) is 49.1 Å². The summed E-state index contributed by atoms with van der Waals surface area (Å²) in [6, 6.07) is 4.49. The number of urea groups is 1. The fourth-order valence-corrected chi connectivity index (χ4v) is 2.74. The van der Waals surface area contributed by atoms with E-state index in [1.807, 2.05) is 13.8 Å². The minimum absolute atomic E-state index is 0.0504. The van der Waals surface area contributed by atoms with E-state index in [4.69, 9.17) is 16.3 Å². The lowest BCUT2D eigenvalue weighted by atomic mass is 10.1. The first-order valence-corrected chi connectivity index (χ1v) is 8.89. The molecule has 1 aliphatic rings. The lowest BCUT2D eigenvalue weighted by Gasteiger charge is -2.23. The number of morpholine rings is 1. The molecule has 1 aromatic carbocycles. The highest BCUT2D eigenvalue weighted by molar-refractivity contribution is 6.33. The summed E-state index contributed by atoms with van der Waals surface area (Å²) in [5, 5.41) is 9.02. The van der Waals surface area contributed by atoms with Gasteiger partial charge in [0.25, 0.3) is 5.91 Å². The van der Waals surface area contributed by atoms with Crippen molar-refractivity contribution >= 4 is 29.2 Å². The number of carbonyl (C=O) groups is 2. The molecule has 138 valence electrons. The molecular formula is C17H25ClN4O3. The molecule has 1 fully saturated rings. The standard InChI is InChI=1S/C17H25ClN4O3/c1-3-22(4-2)16(23)12-5-6-14(18)15(9-12)21-17(24)20-11-13-10-19-7-8-25-13/h5-6,9,13,19H,3-4,7-8,10-11H2,1-2H3,(H2,20,21,24)/t13-/m1/s1. The molecule has 1 saturated heterocycles. The molecule has 3 N–H and O–H groups in total. The van der Waals surface area contributed by atoms with Crippen molar-refractivity contribution in [3.8, 4) is 0 Å². The number of carbonyl (C=O) groups excluding carboxylic acids is 2. The van der Waals surface area contributed by atoms with Crippen molar-refractivity contribution in [3.63, 3.8) is 0 Å². The van der Waals surface area contributed by atoms with Crippen LogP contribution in [0.5, 0.6) is 0 Å².